The number of oxazole rings is 1. The molecule has 1 aliphatic rings. The molecule has 5 nitrogen and oxygen atoms in total. The Morgan fingerprint density at radius 3 is 2.03 bits per heavy atom. The Bertz CT molecular complexity index is 1360. The Morgan fingerprint density at radius 2 is 1.44 bits per heavy atom. The number of hydrogen-bond acceptors (Lipinski definition) is 4. The lowest BCUT2D eigenvalue weighted by molar-refractivity contribution is 0.170. The number of aromatic nitrogens is 3. The fourth-order valence-electron chi connectivity index (χ4n) is 5.44. The van der Waals surface area contributed by atoms with Crippen LogP contribution in [0.3, 0.4) is 0 Å². The highest BCUT2D eigenvalue weighted by Gasteiger charge is 2.37. The second kappa shape index (κ2) is 9.59. The van der Waals surface area contributed by atoms with Crippen LogP contribution in [0.2, 0.25) is 0 Å². The van der Waals surface area contributed by atoms with Crippen molar-refractivity contribution in [3.05, 3.63) is 126 Å². The number of nitrogens with zero attached hydrogens (tertiary/aromatic N) is 4. The molecular weight excluding hydrogens is 444 g/mol. The van der Waals surface area contributed by atoms with E-state index in [1.807, 2.05) is 48.1 Å². The molecule has 1 aliphatic heterocycles. The summed E-state index contributed by atoms with van der Waals surface area (Å²) in [4.78, 5) is 7.40. The van der Waals surface area contributed by atoms with Crippen LogP contribution in [0.4, 0.5) is 0 Å². The number of aryl methyl sites for hydroxylation is 1. The van der Waals surface area contributed by atoms with Gasteiger partial charge in [0.05, 0.1) is 11.4 Å². The van der Waals surface area contributed by atoms with Crippen LogP contribution in [0.15, 0.2) is 108 Å². The monoisotopic (exact) mass is 474 g/mol. The van der Waals surface area contributed by atoms with Gasteiger partial charge in [0.1, 0.15) is 5.76 Å². The second-order valence-corrected chi connectivity index (χ2v) is 9.61. The van der Waals surface area contributed by atoms with E-state index in [-0.39, 0.29) is 5.41 Å². The van der Waals surface area contributed by atoms with E-state index in [0.717, 1.165) is 55.2 Å². The number of piperidine rings is 1. The first-order valence-corrected chi connectivity index (χ1v) is 12.6. The van der Waals surface area contributed by atoms with Crippen LogP contribution < -0.4 is 0 Å². The fraction of sp³-hybridized carbons (Fsp3) is 0.226. The smallest absolute Gasteiger partial charge is 0.226 e. The van der Waals surface area contributed by atoms with Crippen LogP contribution in [0, 0.1) is 6.92 Å². The minimum absolute atomic E-state index is 0.0549. The predicted molar refractivity (Wildman–Crippen MR) is 142 cm³/mol. The highest BCUT2D eigenvalue weighted by Crippen LogP contribution is 2.42. The maximum atomic E-state index is 6.09. The van der Waals surface area contributed by atoms with Crippen LogP contribution in [-0.4, -0.2) is 32.8 Å². The Morgan fingerprint density at radius 1 is 0.806 bits per heavy atom. The number of hydrogen-bond donors (Lipinski definition) is 0. The van der Waals surface area contributed by atoms with E-state index in [1.54, 1.807) is 6.20 Å². The molecule has 0 atom stereocenters. The van der Waals surface area contributed by atoms with E-state index in [4.69, 9.17) is 9.40 Å². The molecule has 2 aromatic heterocycles. The van der Waals surface area contributed by atoms with Crippen molar-refractivity contribution in [2.45, 2.75) is 31.7 Å². The summed E-state index contributed by atoms with van der Waals surface area (Å²) in [5, 5.41) is 4.29. The van der Waals surface area contributed by atoms with E-state index in [9.17, 15) is 0 Å². The average molecular weight is 475 g/mol. The molecule has 0 saturated carbocycles. The molecule has 0 aliphatic carbocycles. The summed E-state index contributed by atoms with van der Waals surface area (Å²) in [6, 6.07) is 32.1. The standard InChI is InChI=1S/C31H30N4O/c1-24-29(33-30(36-24)25-13-15-28(16-14-25)35-20-8-19-32-35)23-34-21-17-31(18-22-34,26-9-4-2-5-10-26)27-11-6-3-7-12-27/h2-16,19-20H,17-18,21-23H2,1H3. The van der Waals surface area contributed by atoms with E-state index < -0.39 is 0 Å². The zero-order valence-electron chi connectivity index (χ0n) is 20.5. The van der Waals surface area contributed by atoms with E-state index in [2.05, 4.69) is 70.7 Å². The third-order valence-electron chi connectivity index (χ3n) is 7.51. The third kappa shape index (κ3) is 4.27. The highest BCUT2D eigenvalue weighted by atomic mass is 16.4. The number of rotatable bonds is 6. The van der Waals surface area contributed by atoms with Crippen LogP contribution in [0.1, 0.15) is 35.4 Å². The first-order valence-electron chi connectivity index (χ1n) is 12.6. The van der Waals surface area contributed by atoms with Crippen molar-refractivity contribution in [3.63, 3.8) is 0 Å². The zero-order valence-corrected chi connectivity index (χ0v) is 20.5. The second-order valence-electron chi connectivity index (χ2n) is 9.61. The van der Waals surface area contributed by atoms with Gasteiger partial charge in [-0.15, -0.1) is 0 Å². The van der Waals surface area contributed by atoms with Crippen molar-refractivity contribution in [1.82, 2.24) is 19.7 Å². The van der Waals surface area contributed by atoms with Crippen LogP contribution in [-0.2, 0) is 12.0 Å². The fourth-order valence-corrected chi connectivity index (χ4v) is 5.44. The number of likely N-dealkylation sites (tertiary alicyclic amines) is 1. The van der Waals surface area contributed by atoms with Crippen molar-refractivity contribution < 1.29 is 4.42 Å². The molecule has 1 fully saturated rings. The normalized spacial score (nSPS) is 15.7. The summed E-state index contributed by atoms with van der Waals surface area (Å²) in [7, 11) is 0. The Kier molecular flexibility index (Phi) is 5.99. The minimum Gasteiger partial charge on any atom is -0.441 e. The molecule has 5 heteroatoms. The maximum Gasteiger partial charge on any atom is 0.226 e. The summed E-state index contributed by atoms with van der Waals surface area (Å²) in [5.74, 6) is 1.57. The lowest BCUT2D eigenvalue weighted by Gasteiger charge is -2.42. The molecule has 0 amide bonds. The van der Waals surface area contributed by atoms with Gasteiger partial charge in [-0.3, -0.25) is 4.90 Å². The predicted octanol–water partition coefficient (Wildman–Crippen LogP) is 6.42. The molecule has 5 aromatic rings. The van der Waals surface area contributed by atoms with Crippen molar-refractivity contribution in [3.8, 4) is 17.1 Å². The molecule has 3 aromatic carbocycles. The molecule has 6 rings (SSSR count). The summed E-state index contributed by atoms with van der Waals surface area (Å²) in [5.41, 5.74) is 5.89. The van der Waals surface area contributed by atoms with Gasteiger partial charge in [0, 0.05) is 29.9 Å². The van der Waals surface area contributed by atoms with Gasteiger partial charge in [0.15, 0.2) is 0 Å². The van der Waals surface area contributed by atoms with Gasteiger partial charge >= 0.3 is 0 Å². The summed E-state index contributed by atoms with van der Waals surface area (Å²) in [6.45, 7) is 4.86. The van der Waals surface area contributed by atoms with E-state index in [1.165, 1.54) is 11.1 Å². The third-order valence-corrected chi connectivity index (χ3v) is 7.51. The van der Waals surface area contributed by atoms with E-state index >= 15 is 0 Å². The average Bonchev–Trinajstić information content (AvgIpc) is 3.61. The summed E-state index contributed by atoms with van der Waals surface area (Å²) >= 11 is 0. The van der Waals surface area contributed by atoms with Crippen molar-refractivity contribution in [2.24, 2.45) is 0 Å². The molecular formula is C31H30N4O. The SMILES string of the molecule is Cc1oc(-c2ccc(-n3cccn3)cc2)nc1CN1CCC(c2ccccc2)(c2ccccc2)CC1. The number of benzene rings is 3. The molecule has 0 radical (unpaired) electrons. The van der Waals surface area contributed by atoms with Gasteiger partial charge in [0.2, 0.25) is 5.89 Å². The van der Waals surface area contributed by atoms with Crippen LogP contribution in [0.5, 0.6) is 0 Å². The topological polar surface area (TPSA) is 47.1 Å². The molecule has 36 heavy (non-hydrogen) atoms. The van der Waals surface area contributed by atoms with E-state index in [0.29, 0.717) is 5.89 Å². The van der Waals surface area contributed by atoms with Crippen molar-refractivity contribution in [1.29, 1.82) is 0 Å². The summed E-state index contributed by atoms with van der Waals surface area (Å²) < 4.78 is 7.94. The maximum absolute atomic E-state index is 6.09. The van der Waals surface area contributed by atoms with Gasteiger partial charge in [-0.2, -0.15) is 5.10 Å². The largest absolute Gasteiger partial charge is 0.441 e. The van der Waals surface area contributed by atoms with Crippen molar-refractivity contribution in [2.75, 3.05) is 13.1 Å². The van der Waals surface area contributed by atoms with Gasteiger partial charge in [-0.25, -0.2) is 9.67 Å². The molecule has 0 bridgehead atoms. The molecule has 0 N–H and O–H groups in total. The Labute approximate surface area is 212 Å². The summed E-state index contributed by atoms with van der Waals surface area (Å²) in [6.07, 6.45) is 5.88. The van der Waals surface area contributed by atoms with Gasteiger partial charge in [-0.05, 0) is 74.3 Å². The zero-order chi connectivity index (χ0) is 24.4. The minimum atomic E-state index is 0.0549. The Hall–Kier alpha value is -3.96. The van der Waals surface area contributed by atoms with Gasteiger partial charge in [0.25, 0.3) is 0 Å². The molecule has 0 unspecified atom stereocenters. The highest BCUT2D eigenvalue weighted by molar-refractivity contribution is 5.56. The molecule has 3 heterocycles. The van der Waals surface area contributed by atoms with Crippen molar-refractivity contribution >= 4 is 0 Å². The van der Waals surface area contributed by atoms with Crippen LogP contribution in [0.25, 0.3) is 17.1 Å². The van der Waals surface area contributed by atoms with Crippen LogP contribution >= 0.6 is 0 Å². The molecule has 0 spiro atoms. The first kappa shape index (κ1) is 22.5. The molecule has 180 valence electrons. The first-order chi connectivity index (χ1) is 17.7. The van der Waals surface area contributed by atoms with Gasteiger partial charge in [-0.1, -0.05) is 60.7 Å². The quantitative estimate of drug-likeness (QED) is 0.285. The molecule has 1 saturated heterocycles. The van der Waals surface area contributed by atoms with Gasteiger partial charge < -0.3 is 4.42 Å². The lowest BCUT2D eigenvalue weighted by Crippen LogP contribution is -2.43. The lowest BCUT2D eigenvalue weighted by atomic mass is 9.68. The Balaban J connectivity index is 1.18.